The highest BCUT2D eigenvalue weighted by Gasteiger charge is 2.52. The van der Waals surface area contributed by atoms with E-state index in [4.69, 9.17) is 5.10 Å². The Bertz CT molecular complexity index is 455. The van der Waals surface area contributed by atoms with E-state index in [0.29, 0.717) is 11.6 Å². The zero-order chi connectivity index (χ0) is 13.7. The van der Waals surface area contributed by atoms with Crippen molar-refractivity contribution in [3.63, 3.8) is 0 Å². The fourth-order valence-corrected chi connectivity index (χ4v) is 5.59. The molecule has 5 rings (SSSR count). The van der Waals surface area contributed by atoms with E-state index in [9.17, 15) is 0 Å². The Kier molecular flexibility index (Phi) is 2.95. The normalized spacial score (nSPS) is 40.2. The van der Waals surface area contributed by atoms with Gasteiger partial charge in [-0.15, -0.1) is 0 Å². The highest BCUT2D eigenvalue weighted by atomic mass is 15.3. The van der Waals surface area contributed by atoms with Crippen molar-refractivity contribution in [3.8, 4) is 0 Å². The molecule has 1 N–H and O–H groups in total. The third kappa shape index (κ3) is 1.93. The molecule has 4 aliphatic carbocycles. The molecule has 0 amide bonds. The molecule has 1 unspecified atom stereocenters. The second-order valence-corrected chi connectivity index (χ2v) is 7.64. The molecule has 4 fully saturated rings. The highest BCUT2D eigenvalue weighted by molar-refractivity contribution is 5.13. The van der Waals surface area contributed by atoms with Gasteiger partial charge < -0.3 is 5.32 Å². The van der Waals surface area contributed by atoms with Crippen LogP contribution in [0.25, 0.3) is 0 Å². The van der Waals surface area contributed by atoms with Crippen LogP contribution in [0.3, 0.4) is 0 Å². The SMILES string of the molecule is CCNC(C)c1cnn(C23CC4CC(CC(C4)C2)C3)c1. The largest absolute Gasteiger partial charge is 0.310 e. The van der Waals surface area contributed by atoms with Crippen molar-refractivity contribution in [2.24, 2.45) is 17.8 Å². The summed E-state index contributed by atoms with van der Waals surface area (Å²) >= 11 is 0. The van der Waals surface area contributed by atoms with Gasteiger partial charge in [-0.1, -0.05) is 6.92 Å². The van der Waals surface area contributed by atoms with Crippen molar-refractivity contribution in [2.45, 2.75) is 64.0 Å². The van der Waals surface area contributed by atoms with E-state index in [-0.39, 0.29) is 0 Å². The van der Waals surface area contributed by atoms with Gasteiger partial charge in [0.1, 0.15) is 0 Å². The van der Waals surface area contributed by atoms with Gasteiger partial charge in [-0.25, -0.2) is 0 Å². The second kappa shape index (κ2) is 4.59. The predicted molar refractivity (Wildman–Crippen MR) is 80.5 cm³/mol. The van der Waals surface area contributed by atoms with Crippen LogP contribution in [0.5, 0.6) is 0 Å². The van der Waals surface area contributed by atoms with E-state index in [1.165, 1.54) is 44.1 Å². The Balaban J connectivity index is 1.61. The summed E-state index contributed by atoms with van der Waals surface area (Å²) in [6, 6.07) is 0.419. The monoisotopic (exact) mass is 273 g/mol. The fraction of sp³-hybridized carbons (Fsp3) is 0.824. The first-order valence-corrected chi connectivity index (χ1v) is 8.47. The summed E-state index contributed by atoms with van der Waals surface area (Å²) in [6.45, 7) is 5.42. The molecule has 0 radical (unpaired) electrons. The van der Waals surface area contributed by atoms with Crippen LogP contribution in [0, 0.1) is 17.8 Å². The van der Waals surface area contributed by atoms with Crippen LogP contribution >= 0.6 is 0 Å². The summed E-state index contributed by atoms with van der Waals surface area (Å²) in [4.78, 5) is 0. The molecule has 0 aromatic carbocycles. The third-order valence-corrected chi connectivity index (χ3v) is 6.10. The maximum atomic E-state index is 4.79. The molecule has 1 aromatic rings. The molecule has 0 spiro atoms. The number of rotatable bonds is 4. The van der Waals surface area contributed by atoms with Gasteiger partial charge in [-0.3, -0.25) is 4.68 Å². The molecular formula is C17H27N3. The van der Waals surface area contributed by atoms with Crippen molar-refractivity contribution in [1.82, 2.24) is 15.1 Å². The predicted octanol–water partition coefficient (Wildman–Crippen LogP) is 3.48. The van der Waals surface area contributed by atoms with E-state index in [0.717, 1.165) is 24.3 Å². The van der Waals surface area contributed by atoms with Crippen molar-refractivity contribution < 1.29 is 0 Å². The number of hydrogen-bond donors (Lipinski definition) is 1. The molecule has 4 saturated carbocycles. The van der Waals surface area contributed by atoms with Crippen LogP contribution in [0.15, 0.2) is 12.4 Å². The van der Waals surface area contributed by atoms with Crippen LogP contribution in [0.1, 0.15) is 64.0 Å². The second-order valence-electron chi connectivity index (χ2n) is 7.64. The van der Waals surface area contributed by atoms with Gasteiger partial charge in [-0.2, -0.15) is 5.10 Å². The minimum absolute atomic E-state index is 0.374. The van der Waals surface area contributed by atoms with E-state index in [1.54, 1.807) is 0 Å². The zero-order valence-corrected chi connectivity index (χ0v) is 12.8. The molecule has 0 saturated heterocycles. The Hall–Kier alpha value is -0.830. The van der Waals surface area contributed by atoms with Crippen LogP contribution in [0.2, 0.25) is 0 Å². The molecule has 1 aromatic heterocycles. The first-order chi connectivity index (χ1) is 9.68. The van der Waals surface area contributed by atoms with Gasteiger partial charge >= 0.3 is 0 Å². The maximum absolute atomic E-state index is 4.79. The van der Waals surface area contributed by atoms with Crippen LogP contribution in [0.4, 0.5) is 0 Å². The summed E-state index contributed by atoms with van der Waals surface area (Å²) < 4.78 is 2.36. The lowest BCUT2D eigenvalue weighted by atomic mass is 9.53. The number of aromatic nitrogens is 2. The molecule has 0 aliphatic heterocycles. The van der Waals surface area contributed by atoms with E-state index in [2.05, 4.69) is 36.2 Å². The Morgan fingerprint density at radius 1 is 1.25 bits per heavy atom. The maximum Gasteiger partial charge on any atom is 0.0635 e. The molecule has 3 heteroatoms. The minimum Gasteiger partial charge on any atom is -0.310 e. The lowest BCUT2D eigenvalue weighted by Gasteiger charge is -2.56. The van der Waals surface area contributed by atoms with Crippen LogP contribution < -0.4 is 5.32 Å². The Labute approximate surface area is 122 Å². The van der Waals surface area contributed by atoms with Gasteiger partial charge in [0, 0.05) is 17.8 Å². The summed E-state index contributed by atoms with van der Waals surface area (Å²) in [5.41, 5.74) is 1.72. The van der Waals surface area contributed by atoms with Crippen LogP contribution in [-0.2, 0) is 5.54 Å². The van der Waals surface area contributed by atoms with Gasteiger partial charge in [-0.05, 0) is 69.7 Å². The third-order valence-electron chi connectivity index (χ3n) is 6.10. The van der Waals surface area contributed by atoms with Gasteiger partial charge in [0.05, 0.1) is 11.7 Å². The van der Waals surface area contributed by atoms with Crippen molar-refractivity contribution in [3.05, 3.63) is 18.0 Å². The topological polar surface area (TPSA) is 29.9 Å². The molecule has 4 aliphatic rings. The van der Waals surface area contributed by atoms with E-state index in [1.807, 2.05) is 0 Å². The average Bonchev–Trinajstić information content (AvgIpc) is 2.87. The molecule has 4 bridgehead atoms. The van der Waals surface area contributed by atoms with E-state index >= 15 is 0 Å². The molecular weight excluding hydrogens is 246 g/mol. The molecule has 1 heterocycles. The summed E-state index contributed by atoms with van der Waals surface area (Å²) in [5.74, 6) is 2.96. The first-order valence-electron chi connectivity index (χ1n) is 8.47. The van der Waals surface area contributed by atoms with Crippen molar-refractivity contribution in [1.29, 1.82) is 0 Å². The lowest BCUT2D eigenvalue weighted by molar-refractivity contribution is -0.0494. The quantitative estimate of drug-likeness (QED) is 0.910. The number of nitrogens with one attached hydrogen (secondary N) is 1. The molecule has 110 valence electrons. The highest BCUT2D eigenvalue weighted by Crippen LogP contribution is 2.58. The van der Waals surface area contributed by atoms with Crippen molar-refractivity contribution in [2.75, 3.05) is 6.54 Å². The minimum atomic E-state index is 0.374. The molecule has 1 atom stereocenters. The lowest BCUT2D eigenvalue weighted by Crippen LogP contribution is -2.52. The van der Waals surface area contributed by atoms with Gasteiger partial charge in [0.2, 0.25) is 0 Å². The smallest absolute Gasteiger partial charge is 0.0635 e. The standard InChI is InChI=1S/C17H27N3/c1-3-18-12(2)16-10-19-20(11-16)17-7-13-4-14(8-17)6-15(5-13)9-17/h10-15,18H,3-9H2,1-2H3. The summed E-state index contributed by atoms with van der Waals surface area (Å²) in [5, 5.41) is 8.28. The Morgan fingerprint density at radius 2 is 1.85 bits per heavy atom. The van der Waals surface area contributed by atoms with Gasteiger partial charge in [0.25, 0.3) is 0 Å². The van der Waals surface area contributed by atoms with E-state index < -0.39 is 0 Å². The number of hydrogen-bond acceptors (Lipinski definition) is 2. The fourth-order valence-electron chi connectivity index (χ4n) is 5.59. The van der Waals surface area contributed by atoms with Crippen LogP contribution in [-0.4, -0.2) is 16.3 Å². The summed E-state index contributed by atoms with van der Waals surface area (Å²) in [7, 11) is 0. The molecule has 20 heavy (non-hydrogen) atoms. The number of nitrogens with zero attached hydrogens (tertiary/aromatic N) is 2. The molecule has 3 nitrogen and oxygen atoms in total. The van der Waals surface area contributed by atoms with Gasteiger partial charge in [0.15, 0.2) is 0 Å². The average molecular weight is 273 g/mol. The zero-order valence-electron chi connectivity index (χ0n) is 12.8. The Morgan fingerprint density at radius 3 is 2.40 bits per heavy atom. The summed E-state index contributed by atoms with van der Waals surface area (Å²) in [6.07, 6.45) is 13.1. The first kappa shape index (κ1) is 12.9. The van der Waals surface area contributed by atoms with Crippen molar-refractivity contribution >= 4 is 0 Å².